The smallest absolute Gasteiger partial charge is 0.315 e. The molecule has 2 aromatic rings. The van der Waals surface area contributed by atoms with Gasteiger partial charge in [-0.05, 0) is 36.8 Å². The first kappa shape index (κ1) is 14.1. The Kier molecular flexibility index (Phi) is 3.78. The number of Topliss-reactive ketones (excluding diaryl/α,β-unsaturated/α-hetero) is 1. The predicted molar refractivity (Wildman–Crippen MR) is 78.4 cm³/mol. The largest absolute Gasteiger partial charge is 0.454 e. The van der Waals surface area contributed by atoms with Crippen LogP contribution in [0, 0.1) is 0 Å². The summed E-state index contributed by atoms with van der Waals surface area (Å²) in [5.74, 6) is 1.18. The van der Waals surface area contributed by atoms with Gasteiger partial charge in [-0.2, -0.15) is 0 Å². The molecule has 0 spiro atoms. The number of hydrogen-bond acceptors (Lipinski definition) is 5. The fourth-order valence-electron chi connectivity index (χ4n) is 2.16. The van der Waals surface area contributed by atoms with E-state index in [1.807, 2.05) is 0 Å². The number of benzene rings is 2. The van der Waals surface area contributed by atoms with Crippen molar-refractivity contribution in [3.05, 3.63) is 53.6 Å². The molecule has 0 radical (unpaired) electrons. The van der Waals surface area contributed by atoms with E-state index < -0.39 is 5.97 Å². The summed E-state index contributed by atoms with van der Waals surface area (Å²) in [4.78, 5) is 23.3. The Hall–Kier alpha value is -2.82. The topological polar surface area (TPSA) is 61.8 Å². The van der Waals surface area contributed by atoms with Crippen LogP contribution in [0.2, 0.25) is 0 Å². The maximum Gasteiger partial charge on any atom is 0.315 e. The molecule has 3 rings (SSSR count). The second-order valence-electron chi connectivity index (χ2n) is 4.92. The van der Waals surface area contributed by atoms with E-state index in [9.17, 15) is 9.59 Å². The van der Waals surface area contributed by atoms with Crippen LogP contribution in [0.25, 0.3) is 0 Å². The summed E-state index contributed by atoms with van der Waals surface area (Å²) in [6, 6.07) is 11.9. The van der Waals surface area contributed by atoms with Crippen molar-refractivity contribution in [3.63, 3.8) is 0 Å². The highest BCUT2D eigenvalue weighted by atomic mass is 16.7. The third-order valence-electron chi connectivity index (χ3n) is 3.26. The second-order valence-corrected chi connectivity index (χ2v) is 4.92. The van der Waals surface area contributed by atoms with Crippen molar-refractivity contribution in [2.75, 3.05) is 6.79 Å². The van der Waals surface area contributed by atoms with Crippen LogP contribution in [-0.2, 0) is 11.2 Å². The molecular weight excluding hydrogens is 284 g/mol. The fraction of sp³-hybridized carbons (Fsp3) is 0.176. The van der Waals surface area contributed by atoms with Gasteiger partial charge in [0.15, 0.2) is 17.3 Å². The lowest BCUT2D eigenvalue weighted by Gasteiger charge is -2.06. The van der Waals surface area contributed by atoms with Crippen LogP contribution in [-0.4, -0.2) is 18.5 Å². The van der Waals surface area contributed by atoms with Gasteiger partial charge in [-0.3, -0.25) is 9.59 Å². The standard InChI is InChI=1S/C17H14O5/c1-11(18)13-3-2-4-14(9-13)22-17(19)8-12-5-6-15-16(7-12)21-10-20-15/h2-7,9H,8,10H2,1H3. The Morgan fingerprint density at radius 3 is 2.73 bits per heavy atom. The number of carbonyl (C=O) groups is 2. The van der Waals surface area contributed by atoms with Crippen LogP contribution in [0.5, 0.6) is 17.2 Å². The van der Waals surface area contributed by atoms with Crippen molar-refractivity contribution in [3.8, 4) is 17.2 Å². The van der Waals surface area contributed by atoms with E-state index in [2.05, 4.69) is 0 Å². The lowest BCUT2D eigenvalue weighted by Crippen LogP contribution is -2.11. The van der Waals surface area contributed by atoms with Crippen molar-refractivity contribution >= 4 is 11.8 Å². The van der Waals surface area contributed by atoms with Crippen LogP contribution in [0.1, 0.15) is 22.8 Å². The lowest BCUT2D eigenvalue weighted by molar-refractivity contribution is -0.133. The summed E-state index contributed by atoms with van der Waals surface area (Å²) < 4.78 is 15.8. The van der Waals surface area contributed by atoms with E-state index in [4.69, 9.17) is 14.2 Å². The molecule has 0 bridgehead atoms. The number of ketones is 1. The summed E-state index contributed by atoms with van der Waals surface area (Å²) in [7, 11) is 0. The van der Waals surface area contributed by atoms with Gasteiger partial charge in [0.05, 0.1) is 6.42 Å². The number of rotatable bonds is 4. The average Bonchev–Trinajstić information content (AvgIpc) is 2.95. The van der Waals surface area contributed by atoms with E-state index in [0.717, 1.165) is 5.56 Å². The molecular formula is C17H14O5. The molecule has 0 N–H and O–H groups in total. The number of ether oxygens (including phenoxy) is 3. The van der Waals surface area contributed by atoms with Gasteiger partial charge >= 0.3 is 5.97 Å². The number of hydrogen-bond donors (Lipinski definition) is 0. The average molecular weight is 298 g/mol. The van der Waals surface area contributed by atoms with E-state index in [-0.39, 0.29) is 19.0 Å². The molecule has 1 aliphatic heterocycles. The highest BCUT2D eigenvalue weighted by Crippen LogP contribution is 2.32. The first-order chi connectivity index (χ1) is 10.6. The Labute approximate surface area is 127 Å². The Morgan fingerprint density at radius 2 is 1.91 bits per heavy atom. The fourth-order valence-corrected chi connectivity index (χ4v) is 2.16. The highest BCUT2D eigenvalue weighted by molar-refractivity contribution is 5.94. The molecule has 22 heavy (non-hydrogen) atoms. The predicted octanol–water partition coefficient (Wildman–Crippen LogP) is 2.77. The van der Waals surface area contributed by atoms with E-state index in [1.54, 1.807) is 42.5 Å². The summed E-state index contributed by atoms with van der Waals surface area (Å²) in [5.41, 5.74) is 1.28. The zero-order valence-electron chi connectivity index (χ0n) is 12.0. The molecule has 0 atom stereocenters. The van der Waals surface area contributed by atoms with Crippen LogP contribution in [0.4, 0.5) is 0 Å². The summed E-state index contributed by atoms with van der Waals surface area (Å²) >= 11 is 0. The Balaban J connectivity index is 1.67. The number of esters is 1. The number of carbonyl (C=O) groups excluding carboxylic acids is 2. The third kappa shape index (κ3) is 3.09. The zero-order chi connectivity index (χ0) is 15.5. The SMILES string of the molecule is CC(=O)c1cccc(OC(=O)Cc2ccc3c(c2)OCO3)c1. The molecule has 0 unspecified atom stereocenters. The molecule has 5 nitrogen and oxygen atoms in total. The van der Waals surface area contributed by atoms with Crippen LogP contribution < -0.4 is 14.2 Å². The van der Waals surface area contributed by atoms with Crippen LogP contribution in [0.3, 0.4) is 0 Å². The second kappa shape index (κ2) is 5.89. The molecule has 0 saturated carbocycles. The minimum Gasteiger partial charge on any atom is -0.454 e. The molecule has 5 heteroatoms. The Bertz CT molecular complexity index is 736. The molecule has 2 aromatic carbocycles. The normalized spacial score (nSPS) is 12.0. The molecule has 0 aliphatic carbocycles. The zero-order valence-corrected chi connectivity index (χ0v) is 12.0. The van der Waals surface area contributed by atoms with Crippen molar-refractivity contribution in [2.24, 2.45) is 0 Å². The minimum absolute atomic E-state index is 0.0753. The van der Waals surface area contributed by atoms with Crippen molar-refractivity contribution < 1.29 is 23.8 Å². The van der Waals surface area contributed by atoms with Gasteiger partial charge in [-0.15, -0.1) is 0 Å². The lowest BCUT2D eigenvalue weighted by atomic mass is 10.1. The molecule has 112 valence electrons. The molecule has 0 fully saturated rings. The van der Waals surface area contributed by atoms with Gasteiger partial charge in [0.25, 0.3) is 0 Å². The summed E-state index contributed by atoms with van der Waals surface area (Å²) in [5, 5.41) is 0. The van der Waals surface area contributed by atoms with Crippen molar-refractivity contribution in [1.29, 1.82) is 0 Å². The van der Waals surface area contributed by atoms with E-state index in [0.29, 0.717) is 22.8 Å². The first-order valence-electron chi connectivity index (χ1n) is 6.82. The maximum atomic E-state index is 12.0. The highest BCUT2D eigenvalue weighted by Gasteiger charge is 2.15. The van der Waals surface area contributed by atoms with Gasteiger partial charge in [0.2, 0.25) is 6.79 Å². The minimum atomic E-state index is -0.403. The summed E-state index contributed by atoms with van der Waals surface area (Å²) in [6.45, 7) is 1.66. The molecule has 0 amide bonds. The van der Waals surface area contributed by atoms with Crippen LogP contribution >= 0.6 is 0 Å². The first-order valence-corrected chi connectivity index (χ1v) is 6.82. The van der Waals surface area contributed by atoms with Gasteiger partial charge in [0.1, 0.15) is 5.75 Å². The molecule has 1 aliphatic rings. The van der Waals surface area contributed by atoms with Crippen molar-refractivity contribution in [2.45, 2.75) is 13.3 Å². The maximum absolute atomic E-state index is 12.0. The van der Waals surface area contributed by atoms with Gasteiger partial charge in [0, 0.05) is 5.56 Å². The van der Waals surface area contributed by atoms with Crippen molar-refractivity contribution in [1.82, 2.24) is 0 Å². The quantitative estimate of drug-likeness (QED) is 0.493. The molecule has 0 saturated heterocycles. The van der Waals surface area contributed by atoms with Crippen LogP contribution in [0.15, 0.2) is 42.5 Å². The Morgan fingerprint density at radius 1 is 1.09 bits per heavy atom. The van der Waals surface area contributed by atoms with Gasteiger partial charge < -0.3 is 14.2 Å². The van der Waals surface area contributed by atoms with E-state index in [1.165, 1.54) is 6.92 Å². The van der Waals surface area contributed by atoms with Gasteiger partial charge in [-0.25, -0.2) is 0 Å². The third-order valence-corrected chi connectivity index (χ3v) is 3.26. The molecule has 1 heterocycles. The number of fused-ring (bicyclic) bond motifs is 1. The summed E-state index contributed by atoms with van der Waals surface area (Å²) in [6.07, 6.45) is 0.112. The van der Waals surface area contributed by atoms with E-state index >= 15 is 0 Å². The monoisotopic (exact) mass is 298 g/mol. The molecule has 0 aromatic heterocycles. The van der Waals surface area contributed by atoms with Gasteiger partial charge in [-0.1, -0.05) is 18.2 Å².